The molecule has 11 nitrogen and oxygen atoms in total. The van der Waals surface area contributed by atoms with Gasteiger partial charge in [0.1, 0.15) is 45.0 Å². The molecule has 0 spiro atoms. The number of anilines is 4. The maximum atomic E-state index is 7.06. The molecule has 0 N–H and O–H groups in total. The molecule has 0 atom stereocenters. The quantitative estimate of drug-likeness (QED) is 0.117. The van der Waals surface area contributed by atoms with Crippen molar-refractivity contribution >= 4 is 289 Å². The summed E-state index contributed by atoms with van der Waals surface area (Å²) in [5.41, 5.74) is 30.2. The smallest absolute Gasteiger partial charge is 0.373 e. The Morgan fingerprint density at radius 2 is 0.541 bits per heavy atom. The molecule has 624 valence electrons. The number of pyridine rings is 1. The third-order valence-electron chi connectivity index (χ3n) is 28.6. The van der Waals surface area contributed by atoms with Crippen LogP contribution in [0, 0.1) is 0 Å². The van der Waals surface area contributed by atoms with Gasteiger partial charge in [0.2, 0.25) is 0 Å². The second-order valence-electron chi connectivity index (χ2n) is 35.8. The molecular weight excluding hydrogens is 1670 g/mol. The average molecular weight is 1740 g/mol. The molecular formula is C117H70B6N4O7S. The Morgan fingerprint density at radius 1 is 0.215 bits per heavy atom. The summed E-state index contributed by atoms with van der Waals surface area (Å²) in [5.74, 6) is 1.62. The molecule has 0 fully saturated rings. The molecule has 135 heavy (non-hydrogen) atoms. The Morgan fingerprint density at radius 3 is 1.04 bits per heavy atom. The van der Waals surface area contributed by atoms with Crippen LogP contribution < -0.4 is 97.5 Å². The lowest BCUT2D eigenvalue weighted by Crippen LogP contribution is -2.74. The van der Waals surface area contributed by atoms with Crippen LogP contribution in [0.15, 0.2) is 461 Å². The average Bonchev–Trinajstić information content (AvgIpc) is 1.56. The van der Waals surface area contributed by atoms with Crippen LogP contribution in [0.4, 0.5) is 22.7 Å². The first-order valence-electron chi connectivity index (χ1n) is 46.1. The third-order valence-corrected chi connectivity index (χ3v) is 29.7. The van der Waals surface area contributed by atoms with E-state index in [-0.39, 0.29) is 40.7 Å². The number of benzene rings is 18. The summed E-state index contributed by atoms with van der Waals surface area (Å²) in [6.07, 6.45) is 0. The highest BCUT2D eigenvalue weighted by Crippen LogP contribution is 2.50. The van der Waals surface area contributed by atoms with E-state index in [2.05, 4.69) is 408 Å². The van der Waals surface area contributed by atoms with Crippen LogP contribution in [-0.4, -0.2) is 50.1 Å². The maximum absolute atomic E-state index is 7.06. The molecule has 0 aliphatic carbocycles. The number of para-hydroxylation sites is 15. The third kappa shape index (κ3) is 11.6. The minimum absolute atomic E-state index is 0.0726. The molecule has 13 heterocycles. The SMILES string of the molecule is c1ccc(B2c3oc4ccccc4c3B(n3c4ccccc4c4ccccc43)c3oc4ccccc4c32)cc1.c1ccc2c(c1)Oc1ccccc1N2B1c2oc3ccccc3c2B(c2ccc3cc4ccccc4cc3c2)c2oc3ccccc3c21.c1ccc2c(c1)Sc1ccccc1N2B1c2oc3ccccc3c2B(c2ccc3nc4ccccc4cc3c2)c2oc3ccccc3c21. The molecule has 5 aliphatic rings. The van der Waals surface area contributed by atoms with E-state index in [1.54, 1.807) is 0 Å². The molecule has 0 amide bonds. The molecule has 0 saturated heterocycles. The first-order valence-corrected chi connectivity index (χ1v) is 46.9. The van der Waals surface area contributed by atoms with Gasteiger partial charge in [0.15, 0.2) is 0 Å². The van der Waals surface area contributed by atoms with Crippen LogP contribution in [-0.2, 0) is 0 Å². The van der Waals surface area contributed by atoms with Gasteiger partial charge < -0.3 is 45.3 Å². The number of furan rings is 6. The van der Waals surface area contributed by atoms with Crippen LogP contribution in [0.25, 0.3) is 131 Å². The normalized spacial score (nSPS) is 13.4. The molecule has 0 saturated carbocycles. The van der Waals surface area contributed by atoms with Crippen LogP contribution in [0.5, 0.6) is 11.5 Å². The highest BCUT2D eigenvalue weighted by molar-refractivity contribution is 7.99. The summed E-state index contributed by atoms with van der Waals surface area (Å²) in [6.45, 7) is -1.17. The number of hydrogen-bond acceptors (Lipinski definition) is 11. The van der Waals surface area contributed by atoms with E-state index in [1.165, 1.54) is 75.0 Å². The highest BCUT2D eigenvalue weighted by Gasteiger charge is 2.54. The molecule has 8 aromatic heterocycles. The fraction of sp³-hybridized carbons (Fsp3) is 0. The second kappa shape index (κ2) is 29.9. The molecule has 18 aromatic carbocycles. The standard InChI is InChI=1S/C42H25B2NO3.C41H24B2N2O2S.C34H21B2NO2/c1-2-12-27-24-29-25-30(22-21-28(29)23-26(27)11-1)43-39-31-13-3-7-17-35(31)48-42(39)44(40-32-14-4-8-18-36(32)47-41(40)43)45-33-15-5-9-19-37(33)46-38-20-10-6-16-34(38)45;1-4-14-30-25(11-1)23-26-24-27(21-22-31(26)44-30)42-38-28-12-2-7-17-34(28)47-41(38)43(39-29-13-3-8-18-35(29)46-40(39)42)45-32-15-5-9-19-36(32)48-37-20-10-6-16-33(37)45;1-2-12-22(13-3-1)35-31-25-16-6-10-20-29(25)39-34(31)36(32-26-17-7-11-21-30(26)38-33(32)35)37-27-18-8-4-14-23(27)24-15-5-9-19-28(24)37/h1-25H;1-24H;1-21H. The van der Waals surface area contributed by atoms with Gasteiger partial charge in [-0.15, -0.1) is 0 Å². The van der Waals surface area contributed by atoms with Crippen LogP contribution in [0.3, 0.4) is 0 Å². The molecule has 5 aliphatic heterocycles. The predicted molar refractivity (Wildman–Crippen MR) is 563 cm³/mol. The number of hydrogen-bond donors (Lipinski definition) is 0. The van der Waals surface area contributed by atoms with E-state index in [0.29, 0.717) is 0 Å². The van der Waals surface area contributed by atoms with Gasteiger partial charge in [-0.25, -0.2) is 4.98 Å². The first-order chi connectivity index (χ1) is 67.0. The summed E-state index contributed by atoms with van der Waals surface area (Å²) < 4.78 is 50.8. The maximum Gasteiger partial charge on any atom is 0.373 e. The summed E-state index contributed by atoms with van der Waals surface area (Å²) in [6, 6.07) is 150. The van der Waals surface area contributed by atoms with Crippen molar-refractivity contribution in [2.75, 3.05) is 9.62 Å². The van der Waals surface area contributed by atoms with Crippen molar-refractivity contribution in [2.45, 2.75) is 9.79 Å². The largest absolute Gasteiger partial charge is 0.471 e. The number of fused-ring (bicyclic) bond motifs is 29. The Labute approximate surface area is 780 Å². The summed E-state index contributed by atoms with van der Waals surface area (Å²) >= 11 is 1.82. The van der Waals surface area contributed by atoms with Crippen LogP contribution in [0.1, 0.15) is 0 Å². The van der Waals surface area contributed by atoms with Crippen molar-refractivity contribution in [3.8, 4) is 11.5 Å². The van der Waals surface area contributed by atoms with Crippen molar-refractivity contribution in [1.29, 1.82) is 0 Å². The molecule has 26 aromatic rings. The van der Waals surface area contributed by atoms with E-state index >= 15 is 0 Å². The minimum Gasteiger partial charge on any atom is -0.471 e. The summed E-state index contributed by atoms with van der Waals surface area (Å²) in [5, 5.41) is 16.3. The van der Waals surface area contributed by atoms with Gasteiger partial charge in [-0.05, 0) is 182 Å². The van der Waals surface area contributed by atoms with Gasteiger partial charge in [-0.1, -0.05) is 325 Å². The topological polar surface area (TPSA) is 112 Å². The number of nitrogens with zero attached hydrogens (tertiary/aromatic N) is 4. The monoisotopic (exact) mass is 1740 g/mol. The number of ether oxygens (including phenoxy) is 1. The van der Waals surface area contributed by atoms with Gasteiger partial charge in [0.05, 0.1) is 56.4 Å². The minimum atomic E-state index is -0.307. The predicted octanol–water partition coefficient (Wildman–Crippen LogP) is 19.3. The van der Waals surface area contributed by atoms with Gasteiger partial charge in [0.25, 0.3) is 20.1 Å². The van der Waals surface area contributed by atoms with E-state index < -0.39 is 0 Å². The zero-order chi connectivity index (χ0) is 88.2. The van der Waals surface area contributed by atoms with Crippen molar-refractivity contribution in [3.05, 3.63) is 425 Å². The Balaban J connectivity index is 0.0000000990. The Bertz CT molecular complexity index is 8900. The summed E-state index contributed by atoms with van der Waals surface area (Å²) in [7, 11) is 0. The van der Waals surface area contributed by atoms with Crippen molar-refractivity contribution in [2.24, 2.45) is 0 Å². The van der Waals surface area contributed by atoms with E-state index in [0.717, 1.165) is 183 Å². The Kier molecular flexibility index (Phi) is 16.9. The van der Waals surface area contributed by atoms with Gasteiger partial charge >= 0.3 is 20.5 Å². The van der Waals surface area contributed by atoms with Gasteiger partial charge in [0, 0.05) is 86.1 Å². The second-order valence-corrected chi connectivity index (χ2v) is 36.9. The van der Waals surface area contributed by atoms with Gasteiger partial charge in [-0.2, -0.15) is 0 Å². The van der Waals surface area contributed by atoms with Crippen LogP contribution >= 0.6 is 11.8 Å². The molecule has 31 rings (SSSR count). The van der Waals surface area contributed by atoms with E-state index in [9.17, 15) is 0 Å². The number of aromatic nitrogens is 2. The van der Waals surface area contributed by atoms with Crippen molar-refractivity contribution in [3.63, 3.8) is 0 Å². The molecule has 0 unspecified atom stereocenters. The first kappa shape index (κ1) is 76.1. The number of rotatable bonds is 6. The van der Waals surface area contributed by atoms with Crippen molar-refractivity contribution in [1.82, 2.24) is 9.46 Å². The van der Waals surface area contributed by atoms with Crippen LogP contribution in [0.2, 0.25) is 0 Å². The van der Waals surface area contributed by atoms with E-state index in [4.69, 9.17) is 36.2 Å². The van der Waals surface area contributed by atoms with E-state index in [1.807, 2.05) is 42.1 Å². The molecule has 18 heteroatoms. The lowest BCUT2D eigenvalue weighted by Gasteiger charge is -2.39. The highest BCUT2D eigenvalue weighted by atomic mass is 32.2. The molecule has 0 radical (unpaired) electrons. The van der Waals surface area contributed by atoms with Crippen molar-refractivity contribution < 1.29 is 31.2 Å². The lowest BCUT2D eigenvalue weighted by molar-refractivity contribution is 0.478. The molecule has 0 bridgehead atoms. The fourth-order valence-electron chi connectivity index (χ4n) is 23.0. The lowest BCUT2D eigenvalue weighted by atomic mass is 9.28. The summed E-state index contributed by atoms with van der Waals surface area (Å²) in [4.78, 5) is 12.3. The zero-order valence-electron chi connectivity index (χ0n) is 72.4. The van der Waals surface area contributed by atoms with Gasteiger partial charge in [-0.3, -0.25) is 0 Å². The zero-order valence-corrected chi connectivity index (χ0v) is 73.2. The Hall–Kier alpha value is -16.7. The fourth-order valence-corrected chi connectivity index (χ4v) is 24.1.